The van der Waals surface area contributed by atoms with E-state index in [-0.39, 0.29) is 0 Å². The molecule has 0 heterocycles. The van der Waals surface area contributed by atoms with E-state index in [1.54, 1.807) is 12.1 Å². The summed E-state index contributed by atoms with van der Waals surface area (Å²) < 4.78 is 0. The summed E-state index contributed by atoms with van der Waals surface area (Å²) in [5, 5.41) is 13.0. The van der Waals surface area contributed by atoms with Crippen molar-refractivity contribution in [2.75, 3.05) is 0 Å². The molecule has 0 bridgehead atoms. The molecule has 1 rings (SSSR count). The van der Waals surface area contributed by atoms with Crippen molar-refractivity contribution in [2.45, 2.75) is 32.9 Å². The van der Waals surface area contributed by atoms with Crippen LogP contribution in [-0.4, -0.2) is 17.1 Å². The van der Waals surface area contributed by atoms with Crippen molar-refractivity contribution in [3.8, 4) is 0 Å². The van der Waals surface area contributed by atoms with Gasteiger partial charge in [-0.05, 0) is 24.0 Å². The van der Waals surface area contributed by atoms with Gasteiger partial charge in [-0.3, -0.25) is 4.79 Å². The Morgan fingerprint density at radius 1 is 1.39 bits per heavy atom. The summed E-state index contributed by atoms with van der Waals surface area (Å²) in [6.45, 7) is 4.37. The lowest BCUT2D eigenvalue weighted by Crippen LogP contribution is -2.37. The van der Waals surface area contributed by atoms with E-state index in [1.807, 2.05) is 19.9 Å². The smallest absolute Gasteiger partial charge is 0.320 e. The molecule has 3 nitrogen and oxygen atoms in total. The first-order chi connectivity index (χ1) is 8.41. The molecule has 0 amide bonds. The zero-order valence-corrected chi connectivity index (χ0v) is 11.9. The predicted molar refractivity (Wildman–Crippen MR) is 74.2 cm³/mol. The molecule has 0 radical (unpaired) electrons. The summed E-state index contributed by atoms with van der Waals surface area (Å²) >= 11 is 11.9. The van der Waals surface area contributed by atoms with Gasteiger partial charge < -0.3 is 10.4 Å². The van der Waals surface area contributed by atoms with E-state index < -0.39 is 12.0 Å². The lowest BCUT2D eigenvalue weighted by Gasteiger charge is -2.17. The number of nitrogens with one attached hydrogen (secondary N) is 1. The third kappa shape index (κ3) is 4.48. The summed E-state index contributed by atoms with van der Waals surface area (Å²) in [5.74, 6) is -0.532. The molecule has 18 heavy (non-hydrogen) atoms. The van der Waals surface area contributed by atoms with Gasteiger partial charge >= 0.3 is 5.97 Å². The van der Waals surface area contributed by atoms with Crippen molar-refractivity contribution in [3.05, 3.63) is 33.8 Å². The number of carboxylic acids is 1. The fourth-order valence-electron chi connectivity index (χ4n) is 1.66. The Bertz CT molecular complexity index is 421. The summed E-state index contributed by atoms with van der Waals surface area (Å²) in [4.78, 5) is 11.1. The molecule has 1 aromatic carbocycles. The summed E-state index contributed by atoms with van der Waals surface area (Å²) in [6, 6.07) is 4.76. The summed E-state index contributed by atoms with van der Waals surface area (Å²) in [5.41, 5.74) is 0.805. The molecular formula is C13H17Cl2NO2. The molecule has 2 N–H and O–H groups in total. The van der Waals surface area contributed by atoms with Gasteiger partial charge in [-0.15, -0.1) is 0 Å². The van der Waals surface area contributed by atoms with Crippen molar-refractivity contribution in [3.63, 3.8) is 0 Å². The van der Waals surface area contributed by atoms with Gasteiger partial charge in [0.25, 0.3) is 0 Å². The van der Waals surface area contributed by atoms with Crippen LogP contribution in [0.3, 0.4) is 0 Å². The number of hydrogen-bond acceptors (Lipinski definition) is 2. The predicted octanol–water partition coefficient (Wildman–Crippen LogP) is 3.58. The fourth-order valence-corrected chi connectivity index (χ4v) is 2.05. The SMILES string of the molecule is CC(C)C[C@@H](NCc1cccc(Cl)c1Cl)C(=O)O. The summed E-state index contributed by atoms with van der Waals surface area (Å²) in [6.07, 6.45) is 0.577. The molecule has 100 valence electrons. The lowest BCUT2D eigenvalue weighted by atomic mass is 10.0. The molecule has 0 spiro atoms. The van der Waals surface area contributed by atoms with Gasteiger partial charge in [0.1, 0.15) is 6.04 Å². The Kier molecular flexibility index (Phi) is 5.93. The Balaban J connectivity index is 2.67. The number of rotatable bonds is 6. The van der Waals surface area contributed by atoms with E-state index in [2.05, 4.69) is 5.32 Å². The Morgan fingerprint density at radius 3 is 2.61 bits per heavy atom. The molecule has 1 atom stereocenters. The Hall–Kier alpha value is -0.770. The second-order valence-electron chi connectivity index (χ2n) is 4.61. The molecule has 0 aliphatic heterocycles. The first-order valence-electron chi connectivity index (χ1n) is 5.81. The molecule has 5 heteroatoms. The van der Waals surface area contributed by atoms with Crippen LogP contribution in [0.25, 0.3) is 0 Å². The normalized spacial score (nSPS) is 12.7. The maximum atomic E-state index is 11.1. The van der Waals surface area contributed by atoms with Gasteiger partial charge in [-0.25, -0.2) is 0 Å². The minimum atomic E-state index is -0.846. The molecule has 0 unspecified atom stereocenters. The van der Waals surface area contributed by atoms with E-state index in [1.165, 1.54) is 0 Å². The van der Waals surface area contributed by atoms with Gasteiger partial charge in [0.15, 0.2) is 0 Å². The van der Waals surface area contributed by atoms with E-state index in [0.29, 0.717) is 28.9 Å². The zero-order chi connectivity index (χ0) is 13.7. The number of halogens is 2. The first-order valence-corrected chi connectivity index (χ1v) is 6.56. The first kappa shape index (κ1) is 15.3. The highest BCUT2D eigenvalue weighted by atomic mass is 35.5. The average Bonchev–Trinajstić information content (AvgIpc) is 2.28. The number of benzene rings is 1. The van der Waals surface area contributed by atoms with Crippen LogP contribution < -0.4 is 5.32 Å². The minimum Gasteiger partial charge on any atom is -0.480 e. The van der Waals surface area contributed by atoms with E-state index in [0.717, 1.165) is 5.56 Å². The van der Waals surface area contributed by atoms with Gasteiger partial charge in [-0.1, -0.05) is 49.2 Å². The number of hydrogen-bond donors (Lipinski definition) is 2. The highest BCUT2D eigenvalue weighted by Gasteiger charge is 2.18. The molecule has 1 aromatic rings. The third-order valence-corrected chi connectivity index (χ3v) is 3.43. The maximum absolute atomic E-state index is 11.1. The molecule has 0 aromatic heterocycles. The Labute approximate surface area is 117 Å². The standard InChI is InChI=1S/C13H17Cl2NO2/c1-8(2)6-11(13(17)18)16-7-9-4-3-5-10(14)12(9)15/h3-5,8,11,16H,6-7H2,1-2H3,(H,17,18)/t11-/m1/s1. The highest BCUT2D eigenvalue weighted by Crippen LogP contribution is 2.25. The molecule has 0 aliphatic rings. The van der Waals surface area contributed by atoms with E-state index in [9.17, 15) is 4.79 Å². The third-order valence-electron chi connectivity index (χ3n) is 2.58. The van der Waals surface area contributed by atoms with Gasteiger partial charge in [0.2, 0.25) is 0 Å². The molecule has 0 saturated carbocycles. The second-order valence-corrected chi connectivity index (χ2v) is 5.40. The van der Waals surface area contributed by atoms with Crippen LogP contribution in [0.15, 0.2) is 18.2 Å². The van der Waals surface area contributed by atoms with Crippen molar-refractivity contribution in [1.29, 1.82) is 0 Å². The number of carboxylic acid groups (broad SMARTS) is 1. The van der Waals surface area contributed by atoms with Crippen LogP contribution in [0.4, 0.5) is 0 Å². The van der Waals surface area contributed by atoms with Crippen molar-refractivity contribution < 1.29 is 9.90 Å². The highest BCUT2D eigenvalue weighted by molar-refractivity contribution is 6.42. The van der Waals surface area contributed by atoms with Crippen molar-refractivity contribution in [1.82, 2.24) is 5.32 Å². The van der Waals surface area contributed by atoms with Crippen LogP contribution in [0, 0.1) is 5.92 Å². The lowest BCUT2D eigenvalue weighted by molar-refractivity contribution is -0.140. The molecule has 0 fully saturated rings. The maximum Gasteiger partial charge on any atom is 0.320 e. The van der Waals surface area contributed by atoms with Gasteiger partial charge in [-0.2, -0.15) is 0 Å². The van der Waals surface area contributed by atoms with Crippen molar-refractivity contribution >= 4 is 29.2 Å². The van der Waals surface area contributed by atoms with E-state index in [4.69, 9.17) is 28.3 Å². The topological polar surface area (TPSA) is 49.3 Å². The van der Waals surface area contributed by atoms with Crippen LogP contribution in [0.1, 0.15) is 25.8 Å². The quantitative estimate of drug-likeness (QED) is 0.842. The fraction of sp³-hybridized carbons (Fsp3) is 0.462. The van der Waals surface area contributed by atoms with Crippen LogP contribution in [-0.2, 0) is 11.3 Å². The molecule has 0 saturated heterocycles. The summed E-state index contributed by atoms with van der Waals surface area (Å²) in [7, 11) is 0. The second kappa shape index (κ2) is 6.98. The number of aliphatic carboxylic acids is 1. The number of carbonyl (C=O) groups is 1. The van der Waals surface area contributed by atoms with Crippen LogP contribution >= 0.6 is 23.2 Å². The largest absolute Gasteiger partial charge is 0.480 e. The average molecular weight is 290 g/mol. The van der Waals surface area contributed by atoms with Crippen molar-refractivity contribution in [2.24, 2.45) is 5.92 Å². The van der Waals surface area contributed by atoms with Crippen LogP contribution in [0.2, 0.25) is 10.0 Å². The van der Waals surface area contributed by atoms with E-state index >= 15 is 0 Å². The van der Waals surface area contributed by atoms with Crippen LogP contribution in [0.5, 0.6) is 0 Å². The Morgan fingerprint density at radius 2 is 2.06 bits per heavy atom. The van der Waals surface area contributed by atoms with Gasteiger partial charge in [0.05, 0.1) is 10.0 Å². The molecule has 0 aliphatic carbocycles. The minimum absolute atomic E-state index is 0.313. The zero-order valence-electron chi connectivity index (χ0n) is 10.4. The molecular weight excluding hydrogens is 273 g/mol. The monoisotopic (exact) mass is 289 g/mol. The van der Waals surface area contributed by atoms with Gasteiger partial charge in [0, 0.05) is 6.54 Å².